The maximum atomic E-state index is 13.3. The van der Waals surface area contributed by atoms with Gasteiger partial charge in [0.1, 0.15) is 0 Å². The second-order valence-corrected chi connectivity index (χ2v) is 10.1. The predicted molar refractivity (Wildman–Crippen MR) is 58.6 cm³/mol. The number of hydrogen-bond donors (Lipinski definition) is 0. The first-order valence-electron chi connectivity index (χ1n) is 5.62. The molecule has 0 spiro atoms. The zero-order chi connectivity index (χ0) is 12.2. The van der Waals surface area contributed by atoms with Crippen molar-refractivity contribution >= 4 is 8.32 Å². The molecule has 2 aliphatic rings. The van der Waals surface area contributed by atoms with Crippen molar-refractivity contribution < 1.29 is 17.6 Å². The van der Waals surface area contributed by atoms with E-state index < -0.39 is 31.9 Å². The molecule has 1 saturated carbocycles. The summed E-state index contributed by atoms with van der Waals surface area (Å²) in [7, 11) is -2.21. The molecule has 0 radical (unpaired) electrons. The van der Waals surface area contributed by atoms with Gasteiger partial charge in [-0.3, -0.25) is 0 Å². The Bertz CT molecular complexity index is 302. The van der Waals surface area contributed by atoms with Gasteiger partial charge in [0.2, 0.25) is 0 Å². The van der Waals surface area contributed by atoms with Crippen molar-refractivity contribution in [2.75, 3.05) is 0 Å². The molecule has 5 heteroatoms. The Hall–Kier alpha value is -0.293. The Kier molecular flexibility index (Phi) is 2.55. The van der Waals surface area contributed by atoms with E-state index in [0.29, 0.717) is 12.8 Å². The van der Waals surface area contributed by atoms with Crippen LogP contribution < -0.4 is 0 Å². The van der Waals surface area contributed by atoms with Crippen molar-refractivity contribution in [3.8, 4) is 0 Å². The minimum absolute atomic E-state index is 0.468. The van der Waals surface area contributed by atoms with E-state index in [4.69, 9.17) is 4.43 Å². The molecule has 2 atom stereocenters. The molecule has 1 nitrogen and oxygen atoms in total. The average molecular weight is 250 g/mol. The van der Waals surface area contributed by atoms with E-state index in [1.165, 1.54) is 0 Å². The molecule has 0 saturated heterocycles. The maximum absolute atomic E-state index is 13.3. The minimum atomic E-state index is -4.26. The third kappa shape index (κ3) is 1.64. The first kappa shape index (κ1) is 12.2. The van der Waals surface area contributed by atoms with Gasteiger partial charge in [-0.05, 0) is 32.5 Å². The molecule has 0 N–H and O–H groups in total. The Morgan fingerprint density at radius 1 is 1.12 bits per heavy atom. The summed E-state index contributed by atoms with van der Waals surface area (Å²) in [6.45, 7) is 5.45. The number of alkyl halides is 3. The number of hydrogen-bond acceptors (Lipinski definition) is 1. The van der Waals surface area contributed by atoms with Gasteiger partial charge in [-0.2, -0.15) is 13.2 Å². The highest BCUT2D eigenvalue weighted by Crippen LogP contribution is 2.58. The number of fused-ring (bicyclic) bond motifs is 2. The van der Waals surface area contributed by atoms with Crippen LogP contribution in [0.5, 0.6) is 0 Å². The second-order valence-electron chi connectivity index (χ2n) is 5.68. The zero-order valence-electron chi connectivity index (χ0n) is 9.77. The monoisotopic (exact) mass is 250 g/mol. The summed E-state index contributed by atoms with van der Waals surface area (Å²) in [5.74, 6) is -0.937. The molecule has 2 bridgehead atoms. The number of halogens is 3. The molecule has 92 valence electrons. The Balaban J connectivity index is 2.37. The Morgan fingerprint density at radius 2 is 1.56 bits per heavy atom. The highest BCUT2D eigenvalue weighted by atomic mass is 28.4. The van der Waals surface area contributed by atoms with Crippen LogP contribution in [-0.2, 0) is 4.43 Å². The van der Waals surface area contributed by atoms with Gasteiger partial charge in [0, 0.05) is 11.8 Å². The Morgan fingerprint density at radius 3 is 1.81 bits per heavy atom. The lowest BCUT2D eigenvalue weighted by Crippen LogP contribution is -2.57. The van der Waals surface area contributed by atoms with Crippen LogP contribution in [0.3, 0.4) is 0 Å². The third-order valence-corrected chi connectivity index (χ3v) is 4.33. The van der Waals surface area contributed by atoms with Crippen molar-refractivity contribution in [3.05, 3.63) is 12.2 Å². The van der Waals surface area contributed by atoms with Gasteiger partial charge >= 0.3 is 6.18 Å². The van der Waals surface area contributed by atoms with E-state index in [-0.39, 0.29) is 0 Å². The van der Waals surface area contributed by atoms with Crippen LogP contribution in [0.4, 0.5) is 13.2 Å². The van der Waals surface area contributed by atoms with Crippen LogP contribution in [0.15, 0.2) is 12.2 Å². The van der Waals surface area contributed by atoms with Crippen LogP contribution in [0.2, 0.25) is 19.6 Å². The van der Waals surface area contributed by atoms with E-state index in [1.54, 1.807) is 12.2 Å². The van der Waals surface area contributed by atoms with Crippen LogP contribution in [-0.4, -0.2) is 20.1 Å². The summed E-state index contributed by atoms with van der Waals surface area (Å²) in [6, 6.07) is 0. The SMILES string of the molecule is C[Si](C)(C)OC1(C(F)(F)F)C2C=CC1CC2. The summed E-state index contributed by atoms with van der Waals surface area (Å²) >= 11 is 0. The molecule has 0 aromatic heterocycles. The fraction of sp³-hybridized carbons (Fsp3) is 0.818. The molecule has 2 unspecified atom stereocenters. The molecule has 1 fully saturated rings. The largest absolute Gasteiger partial charge is 0.417 e. The van der Waals surface area contributed by atoms with E-state index >= 15 is 0 Å². The molecule has 0 aromatic rings. The lowest BCUT2D eigenvalue weighted by atomic mass is 9.90. The smallest absolute Gasteiger partial charge is 0.403 e. The van der Waals surface area contributed by atoms with E-state index in [1.807, 2.05) is 19.6 Å². The first-order chi connectivity index (χ1) is 7.17. The van der Waals surface area contributed by atoms with Gasteiger partial charge in [0.25, 0.3) is 0 Å². The zero-order valence-corrected chi connectivity index (χ0v) is 10.8. The summed E-state index contributed by atoms with van der Waals surface area (Å²) < 4.78 is 45.6. The molecule has 2 rings (SSSR count). The molecule has 0 heterocycles. The van der Waals surface area contributed by atoms with E-state index in [0.717, 1.165) is 0 Å². The highest BCUT2D eigenvalue weighted by molar-refractivity contribution is 6.69. The van der Waals surface area contributed by atoms with Crippen molar-refractivity contribution in [2.45, 2.75) is 44.3 Å². The van der Waals surface area contributed by atoms with E-state index in [9.17, 15) is 13.2 Å². The fourth-order valence-corrected chi connectivity index (χ4v) is 4.38. The molecule has 0 aliphatic heterocycles. The second kappa shape index (κ2) is 3.35. The van der Waals surface area contributed by atoms with Gasteiger partial charge in [0.15, 0.2) is 13.9 Å². The maximum Gasteiger partial charge on any atom is 0.417 e. The van der Waals surface area contributed by atoms with E-state index in [2.05, 4.69) is 0 Å². The standard InChI is InChI=1S/C11H17F3OSi/c1-16(2,3)15-10(11(12,13)14)8-4-5-9(10)7-6-8/h4-5,8-9H,6-7H2,1-3H3. The molecule has 16 heavy (non-hydrogen) atoms. The van der Waals surface area contributed by atoms with Crippen molar-refractivity contribution in [1.29, 1.82) is 0 Å². The summed E-state index contributed by atoms with van der Waals surface area (Å²) in [5.41, 5.74) is -1.91. The lowest BCUT2D eigenvalue weighted by Gasteiger charge is -2.41. The summed E-state index contributed by atoms with van der Waals surface area (Å²) in [4.78, 5) is 0. The molecular formula is C11H17F3OSi. The summed E-state index contributed by atoms with van der Waals surface area (Å²) in [6.07, 6.45) is 0.336. The average Bonchev–Trinajstić information content (AvgIpc) is 2.57. The molecule has 0 amide bonds. The fourth-order valence-electron chi connectivity index (χ4n) is 2.95. The molecule has 2 aliphatic carbocycles. The van der Waals surface area contributed by atoms with Crippen molar-refractivity contribution in [1.82, 2.24) is 0 Å². The number of rotatable bonds is 2. The minimum Gasteiger partial charge on any atom is -0.403 e. The van der Waals surface area contributed by atoms with Gasteiger partial charge in [-0.1, -0.05) is 12.2 Å². The van der Waals surface area contributed by atoms with Gasteiger partial charge in [-0.15, -0.1) is 0 Å². The van der Waals surface area contributed by atoms with Gasteiger partial charge in [-0.25, -0.2) is 0 Å². The topological polar surface area (TPSA) is 9.23 Å². The quantitative estimate of drug-likeness (QED) is 0.536. The third-order valence-electron chi connectivity index (χ3n) is 3.38. The summed E-state index contributed by atoms with van der Waals surface area (Å²) in [5, 5.41) is 0. The van der Waals surface area contributed by atoms with Crippen molar-refractivity contribution in [3.63, 3.8) is 0 Å². The Labute approximate surface area is 94.8 Å². The van der Waals surface area contributed by atoms with Crippen molar-refractivity contribution in [2.24, 2.45) is 11.8 Å². The van der Waals surface area contributed by atoms with Crippen LogP contribution >= 0.6 is 0 Å². The van der Waals surface area contributed by atoms with Crippen LogP contribution in [0, 0.1) is 11.8 Å². The molecular weight excluding hydrogens is 233 g/mol. The normalized spacial score (nSPS) is 38.4. The first-order valence-corrected chi connectivity index (χ1v) is 9.03. The van der Waals surface area contributed by atoms with Gasteiger partial charge in [0.05, 0.1) is 0 Å². The van der Waals surface area contributed by atoms with Crippen LogP contribution in [0.25, 0.3) is 0 Å². The molecule has 0 aromatic carbocycles. The highest BCUT2D eigenvalue weighted by Gasteiger charge is 2.68. The predicted octanol–water partition coefficient (Wildman–Crippen LogP) is 3.74. The van der Waals surface area contributed by atoms with Crippen LogP contribution in [0.1, 0.15) is 12.8 Å². The van der Waals surface area contributed by atoms with Gasteiger partial charge < -0.3 is 4.43 Å². The lowest BCUT2D eigenvalue weighted by molar-refractivity contribution is -0.266.